The molecule has 0 aliphatic heterocycles. The molecule has 33 heavy (non-hydrogen) atoms. The molecular formula is C23H39NO9. The van der Waals surface area contributed by atoms with Gasteiger partial charge in [-0.25, -0.2) is 0 Å². The van der Waals surface area contributed by atoms with Gasteiger partial charge in [0.2, 0.25) is 0 Å². The van der Waals surface area contributed by atoms with E-state index in [-0.39, 0.29) is 37.9 Å². The fourth-order valence-electron chi connectivity index (χ4n) is 3.51. The number of rotatable bonds is 20. The van der Waals surface area contributed by atoms with Crippen LogP contribution in [0, 0.1) is 5.92 Å². The summed E-state index contributed by atoms with van der Waals surface area (Å²) in [6.45, 7) is 0.335. The molecule has 2 atom stereocenters. The van der Waals surface area contributed by atoms with Crippen molar-refractivity contribution in [1.29, 1.82) is 0 Å². The number of hydrogen-bond acceptors (Lipinski definition) is 7. The Balaban J connectivity index is 4.24. The maximum absolute atomic E-state index is 12.2. The van der Waals surface area contributed by atoms with Crippen molar-refractivity contribution in [2.45, 2.75) is 83.2 Å². The molecule has 0 heterocycles. The molecule has 0 aromatic heterocycles. The van der Waals surface area contributed by atoms with E-state index < -0.39 is 35.9 Å². The standard InChI is InChI=1S/C23H39NO9/c1-24(2,3)16-17(15-21(28)29)33-22(30)14-10-6-7-11-18(23(31)32)19(25)12-8-4-5-9-13-20(26)27/h17-18H,4-16H2,1-3H3,(H2-,26,27,28,29,31,32). The van der Waals surface area contributed by atoms with E-state index in [0.29, 0.717) is 56.0 Å². The summed E-state index contributed by atoms with van der Waals surface area (Å²) >= 11 is 0. The van der Waals surface area contributed by atoms with Gasteiger partial charge in [-0.1, -0.05) is 25.7 Å². The summed E-state index contributed by atoms with van der Waals surface area (Å²) in [4.78, 5) is 57.0. The summed E-state index contributed by atoms with van der Waals surface area (Å²) in [5, 5.41) is 28.8. The van der Waals surface area contributed by atoms with E-state index in [1.807, 2.05) is 21.1 Å². The lowest BCUT2D eigenvalue weighted by atomic mass is 9.93. The summed E-state index contributed by atoms with van der Waals surface area (Å²) in [6, 6.07) is 0. The van der Waals surface area contributed by atoms with Gasteiger partial charge in [-0.05, 0) is 25.7 Å². The Morgan fingerprint density at radius 2 is 1.36 bits per heavy atom. The lowest BCUT2D eigenvalue weighted by Gasteiger charge is -2.29. The molecule has 0 aromatic carbocycles. The van der Waals surface area contributed by atoms with Crippen LogP contribution >= 0.6 is 0 Å². The maximum atomic E-state index is 12.2. The van der Waals surface area contributed by atoms with Crippen molar-refractivity contribution in [1.82, 2.24) is 0 Å². The number of likely N-dealkylation sites (N-methyl/N-ethyl adjacent to an activating group) is 1. The van der Waals surface area contributed by atoms with Crippen molar-refractivity contribution < 1.29 is 48.5 Å². The van der Waals surface area contributed by atoms with Crippen LogP contribution in [0.5, 0.6) is 0 Å². The minimum Gasteiger partial charge on any atom is -0.550 e. The van der Waals surface area contributed by atoms with Crippen LogP contribution in [-0.4, -0.2) is 78.1 Å². The van der Waals surface area contributed by atoms with Crippen LogP contribution < -0.4 is 5.11 Å². The molecule has 190 valence electrons. The molecular weight excluding hydrogens is 434 g/mol. The van der Waals surface area contributed by atoms with E-state index in [0.717, 1.165) is 0 Å². The Kier molecular flexibility index (Phi) is 15.0. The van der Waals surface area contributed by atoms with Crippen LogP contribution in [0.3, 0.4) is 0 Å². The van der Waals surface area contributed by atoms with Gasteiger partial charge in [0.25, 0.3) is 0 Å². The Morgan fingerprint density at radius 1 is 0.818 bits per heavy atom. The van der Waals surface area contributed by atoms with E-state index >= 15 is 0 Å². The van der Waals surface area contributed by atoms with Crippen LogP contribution in [0.4, 0.5) is 0 Å². The number of ether oxygens (including phenoxy) is 1. The minimum absolute atomic E-state index is 0.0860. The number of quaternary nitrogens is 1. The summed E-state index contributed by atoms with van der Waals surface area (Å²) in [7, 11) is 5.57. The number of ketones is 1. The molecule has 0 aromatic rings. The predicted molar refractivity (Wildman–Crippen MR) is 117 cm³/mol. The first-order valence-corrected chi connectivity index (χ1v) is 11.5. The monoisotopic (exact) mass is 473 g/mol. The molecule has 0 aliphatic carbocycles. The van der Waals surface area contributed by atoms with Gasteiger partial charge >= 0.3 is 17.9 Å². The summed E-state index contributed by atoms with van der Waals surface area (Å²) in [5.74, 6) is -5.21. The van der Waals surface area contributed by atoms with Gasteiger partial charge in [-0.15, -0.1) is 0 Å². The number of aliphatic carboxylic acids is 3. The second kappa shape index (κ2) is 16.2. The van der Waals surface area contributed by atoms with Crippen LogP contribution in [0.2, 0.25) is 0 Å². The number of carbonyl (C=O) groups excluding carboxylic acids is 3. The topological polar surface area (TPSA) is 158 Å². The summed E-state index contributed by atoms with van der Waals surface area (Å²) in [5.41, 5.74) is 0. The molecule has 0 saturated heterocycles. The van der Waals surface area contributed by atoms with Crippen molar-refractivity contribution >= 4 is 29.7 Å². The Morgan fingerprint density at radius 3 is 1.88 bits per heavy atom. The van der Waals surface area contributed by atoms with Crippen LogP contribution in [0.1, 0.15) is 77.0 Å². The van der Waals surface area contributed by atoms with Gasteiger partial charge in [0.15, 0.2) is 6.10 Å². The van der Waals surface area contributed by atoms with Gasteiger partial charge in [0.05, 0.1) is 21.1 Å². The Labute approximate surface area is 195 Å². The number of nitrogens with zero attached hydrogens (tertiary/aromatic N) is 1. The summed E-state index contributed by atoms with van der Waals surface area (Å²) in [6.07, 6.45) is 3.28. The molecule has 0 bridgehead atoms. The second-order valence-electron chi connectivity index (χ2n) is 9.43. The molecule has 10 heteroatoms. The van der Waals surface area contributed by atoms with E-state index in [1.165, 1.54) is 0 Å². The first-order chi connectivity index (χ1) is 15.3. The van der Waals surface area contributed by atoms with Crippen molar-refractivity contribution in [3.8, 4) is 0 Å². The zero-order valence-electron chi connectivity index (χ0n) is 20.0. The van der Waals surface area contributed by atoms with Gasteiger partial charge < -0.3 is 29.3 Å². The van der Waals surface area contributed by atoms with E-state index in [9.17, 15) is 34.2 Å². The van der Waals surface area contributed by atoms with Crippen molar-refractivity contribution in [2.75, 3.05) is 27.7 Å². The van der Waals surface area contributed by atoms with E-state index in [2.05, 4.69) is 0 Å². The van der Waals surface area contributed by atoms with E-state index in [1.54, 1.807) is 0 Å². The van der Waals surface area contributed by atoms with Gasteiger partial charge in [0.1, 0.15) is 18.2 Å². The van der Waals surface area contributed by atoms with Crippen molar-refractivity contribution in [2.24, 2.45) is 5.92 Å². The highest BCUT2D eigenvalue weighted by molar-refractivity contribution is 5.98. The molecule has 10 nitrogen and oxygen atoms in total. The highest BCUT2D eigenvalue weighted by atomic mass is 16.5. The molecule has 0 spiro atoms. The molecule has 2 N–H and O–H groups in total. The molecule has 0 saturated carbocycles. The Bertz CT molecular complexity index is 655. The highest BCUT2D eigenvalue weighted by Crippen LogP contribution is 2.17. The zero-order chi connectivity index (χ0) is 25.4. The van der Waals surface area contributed by atoms with Crippen LogP contribution in [0.15, 0.2) is 0 Å². The zero-order valence-corrected chi connectivity index (χ0v) is 20.0. The molecule has 0 rings (SSSR count). The van der Waals surface area contributed by atoms with Gasteiger partial charge in [0, 0.05) is 31.7 Å². The highest BCUT2D eigenvalue weighted by Gasteiger charge is 2.25. The third-order valence-corrected chi connectivity index (χ3v) is 5.07. The van der Waals surface area contributed by atoms with Crippen LogP contribution in [-0.2, 0) is 28.7 Å². The number of Topliss-reactive ketones (excluding diaryl/α,β-unsaturated/α-hetero) is 1. The predicted octanol–water partition coefficient (Wildman–Crippen LogP) is 1.39. The summed E-state index contributed by atoms with van der Waals surface area (Å²) < 4.78 is 5.70. The minimum atomic E-state index is -1.29. The maximum Gasteiger partial charge on any atom is 0.314 e. The number of carboxylic acid groups (broad SMARTS) is 3. The molecule has 0 fully saturated rings. The van der Waals surface area contributed by atoms with Crippen molar-refractivity contribution in [3.63, 3.8) is 0 Å². The fourth-order valence-corrected chi connectivity index (χ4v) is 3.51. The molecule has 0 amide bonds. The number of carbonyl (C=O) groups is 5. The van der Waals surface area contributed by atoms with Gasteiger partial charge in [-0.3, -0.25) is 19.2 Å². The smallest absolute Gasteiger partial charge is 0.314 e. The van der Waals surface area contributed by atoms with Gasteiger partial charge in [-0.2, -0.15) is 0 Å². The quantitative estimate of drug-likeness (QED) is 0.115. The molecule has 0 aliphatic rings. The SMILES string of the molecule is C[N+](C)(C)CC(CC(=O)[O-])OC(=O)CCCCCC(C(=O)O)C(=O)CCCCCCC(=O)O. The lowest BCUT2D eigenvalue weighted by molar-refractivity contribution is -0.873. The second-order valence-corrected chi connectivity index (χ2v) is 9.43. The molecule has 0 radical (unpaired) electrons. The average Bonchev–Trinajstić information content (AvgIpc) is 2.64. The average molecular weight is 474 g/mol. The fraction of sp³-hybridized carbons (Fsp3) is 0.783. The first kappa shape index (κ1) is 30.5. The van der Waals surface area contributed by atoms with Crippen LogP contribution in [0.25, 0.3) is 0 Å². The number of hydrogen-bond donors (Lipinski definition) is 2. The number of carboxylic acids is 3. The number of esters is 1. The third kappa shape index (κ3) is 17.7. The lowest BCUT2D eigenvalue weighted by Crippen LogP contribution is -2.45. The van der Waals surface area contributed by atoms with E-state index in [4.69, 9.17) is 9.84 Å². The third-order valence-electron chi connectivity index (χ3n) is 5.07. The normalized spacial score (nSPS) is 13.2. The van der Waals surface area contributed by atoms with Crippen molar-refractivity contribution in [3.05, 3.63) is 0 Å². The largest absolute Gasteiger partial charge is 0.550 e. The Hall–Kier alpha value is -2.49. The number of unbranched alkanes of at least 4 members (excludes halogenated alkanes) is 5. The molecule has 2 unspecified atom stereocenters. The first-order valence-electron chi connectivity index (χ1n) is 11.5.